The Kier molecular flexibility index (Phi) is 35.5. The average molecular weight is 750 g/mol. The minimum absolute atomic E-state index is 0.0155. The van der Waals surface area contributed by atoms with Crippen molar-refractivity contribution in [1.29, 1.82) is 0 Å². The normalized spacial score (nSPS) is 14.3. The molecular formula is C47H91NO5. The zero-order valence-electron chi connectivity index (χ0n) is 36.0. The number of carbonyl (C=O) groups excluding carboxylic acids is 2. The van der Waals surface area contributed by atoms with E-state index in [-0.39, 0.29) is 18.0 Å². The van der Waals surface area contributed by atoms with Crippen molar-refractivity contribution in [3.8, 4) is 0 Å². The smallest absolute Gasteiger partial charge is 0.306 e. The van der Waals surface area contributed by atoms with Gasteiger partial charge in [0.05, 0.1) is 6.61 Å². The molecule has 0 saturated carbocycles. The van der Waals surface area contributed by atoms with Crippen molar-refractivity contribution in [1.82, 2.24) is 5.32 Å². The van der Waals surface area contributed by atoms with Gasteiger partial charge in [-0.3, -0.25) is 9.59 Å². The Labute approximate surface area is 330 Å². The molecule has 1 fully saturated rings. The highest BCUT2D eigenvalue weighted by Crippen LogP contribution is 2.20. The van der Waals surface area contributed by atoms with E-state index < -0.39 is 0 Å². The molecule has 0 aromatic carbocycles. The number of nitrogens with one attached hydrogen (secondary N) is 1. The second kappa shape index (κ2) is 37.8. The van der Waals surface area contributed by atoms with Crippen molar-refractivity contribution in [3.63, 3.8) is 0 Å². The van der Waals surface area contributed by atoms with Gasteiger partial charge in [-0.05, 0) is 76.5 Å². The summed E-state index contributed by atoms with van der Waals surface area (Å²) in [4.78, 5) is 25.0. The molecule has 0 aromatic heterocycles. The number of hydrogen-bond acceptors (Lipinski definition) is 6. The molecule has 0 aliphatic carbocycles. The lowest BCUT2D eigenvalue weighted by molar-refractivity contribution is -0.150. The van der Waals surface area contributed by atoms with Gasteiger partial charge in [0.2, 0.25) is 0 Å². The summed E-state index contributed by atoms with van der Waals surface area (Å²) in [6.07, 6.45) is 39.6. The van der Waals surface area contributed by atoms with Gasteiger partial charge >= 0.3 is 11.9 Å². The second-order valence-electron chi connectivity index (χ2n) is 17.1. The van der Waals surface area contributed by atoms with Crippen molar-refractivity contribution in [2.45, 2.75) is 264 Å². The van der Waals surface area contributed by atoms with Crippen molar-refractivity contribution in [2.75, 3.05) is 19.8 Å². The first kappa shape index (κ1) is 49.9. The summed E-state index contributed by atoms with van der Waals surface area (Å²) in [6.45, 7) is 11.4. The van der Waals surface area contributed by atoms with E-state index in [9.17, 15) is 9.59 Å². The zero-order chi connectivity index (χ0) is 38.5. The maximum Gasteiger partial charge on any atom is 0.306 e. The molecule has 0 amide bonds. The lowest BCUT2D eigenvalue weighted by Crippen LogP contribution is -2.41. The van der Waals surface area contributed by atoms with Gasteiger partial charge in [-0.15, -0.1) is 0 Å². The Morgan fingerprint density at radius 2 is 0.981 bits per heavy atom. The molecule has 1 unspecified atom stereocenters. The van der Waals surface area contributed by atoms with Crippen LogP contribution in [0.5, 0.6) is 0 Å². The van der Waals surface area contributed by atoms with Gasteiger partial charge in [0.1, 0.15) is 6.10 Å². The van der Waals surface area contributed by atoms with Crippen molar-refractivity contribution in [3.05, 3.63) is 0 Å². The van der Waals surface area contributed by atoms with Crippen LogP contribution in [0.15, 0.2) is 0 Å². The fraction of sp³-hybridized carbons (Fsp3) is 0.957. The summed E-state index contributed by atoms with van der Waals surface area (Å²) < 4.78 is 17.2. The van der Waals surface area contributed by atoms with Crippen LogP contribution in [-0.4, -0.2) is 49.9 Å². The third-order valence-corrected chi connectivity index (χ3v) is 11.3. The number of ether oxygens (including phenoxy) is 3. The minimum atomic E-state index is -0.0155. The predicted octanol–water partition coefficient (Wildman–Crippen LogP) is 13.8. The van der Waals surface area contributed by atoms with Crippen LogP contribution in [0.4, 0.5) is 0 Å². The molecule has 1 atom stereocenters. The molecule has 314 valence electrons. The lowest BCUT2D eigenvalue weighted by Gasteiger charge is -2.29. The number of hydrogen-bond donors (Lipinski definition) is 1. The van der Waals surface area contributed by atoms with E-state index in [2.05, 4.69) is 33.0 Å². The molecule has 6 nitrogen and oxygen atoms in total. The van der Waals surface area contributed by atoms with Crippen LogP contribution in [0.1, 0.15) is 246 Å². The number of carbonyl (C=O) groups is 2. The summed E-state index contributed by atoms with van der Waals surface area (Å²) in [6, 6.07) is 1.11. The summed E-state index contributed by atoms with van der Waals surface area (Å²) in [5.41, 5.74) is 0. The van der Waals surface area contributed by atoms with Gasteiger partial charge in [-0.25, -0.2) is 0 Å². The first-order chi connectivity index (χ1) is 25.9. The molecule has 1 rings (SSSR count). The van der Waals surface area contributed by atoms with E-state index in [0.717, 1.165) is 76.9 Å². The van der Waals surface area contributed by atoms with Crippen LogP contribution >= 0.6 is 0 Å². The Balaban J connectivity index is 2.26. The lowest BCUT2D eigenvalue weighted by atomic mass is 9.98. The topological polar surface area (TPSA) is 73.9 Å². The fourth-order valence-electron chi connectivity index (χ4n) is 7.79. The first-order valence-corrected chi connectivity index (χ1v) is 23.6. The number of esters is 2. The van der Waals surface area contributed by atoms with E-state index in [1.165, 1.54) is 148 Å². The van der Waals surface area contributed by atoms with Crippen LogP contribution in [0, 0.1) is 5.92 Å². The van der Waals surface area contributed by atoms with Crippen LogP contribution in [0.2, 0.25) is 0 Å². The largest absolute Gasteiger partial charge is 0.466 e. The summed E-state index contributed by atoms with van der Waals surface area (Å²) >= 11 is 0. The maximum atomic E-state index is 12.8. The highest BCUT2D eigenvalue weighted by atomic mass is 16.5. The van der Waals surface area contributed by atoms with Gasteiger partial charge in [-0.1, -0.05) is 163 Å². The Morgan fingerprint density at radius 3 is 1.51 bits per heavy atom. The quantitative estimate of drug-likeness (QED) is 0.0498. The fourth-order valence-corrected chi connectivity index (χ4v) is 7.79. The Bertz CT molecular complexity index is 782. The van der Waals surface area contributed by atoms with Crippen LogP contribution in [-0.2, 0) is 23.8 Å². The number of rotatable bonds is 39. The minimum Gasteiger partial charge on any atom is -0.466 e. The van der Waals surface area contributed by atoms with Crippen molar-refractivity contribution < 1.29 is 23.8 Å². The molecular weight excluding hydrogens is 659 g/mol. The molecule has 0 aromatic rings. The average Bonchev–Trinajstić information content (AvgIpc) is 3.15. The first-order valence-electron chi connectivity index (χ1n) is 23.6. The predicted molar refractivity (Wildman–Crippen MR) is 226 cm³/mol. The maximum absolute atomic E-state index is 12.8. The van der Waals surface area contributed by atoms with Crippen LogP contribution in [0.25, 0.3) is 0 Å². The second-order valence-corrected chi connectivity index (χ2v) is 17.1. The molecule has 1 N–H and O–H groups in total. The molecule has 1 aliphatic heterocycles. The van der Waals surface area contributed by atoms with Crippen LogP contribution in [0.3, 0.4) is 0 Å². The van der Waals surface area contributed by atoms with Crippen LogP contribution < -0.4 is 5.32 Å². The monoisotopic (exact) mass is 750 g/mol. The van der Waals surface area contributed by atoms with E-state index in [4.69, 9.17) is 14.2 Å². The van der Waals surface area contributed by atoms with Gasteiger partial charge < -0.3 is 19.5 Å². The number of unbranched alkanes of at least 4 members (excludes halogenated alkanes) is 20. The van der Waals surface area contributed by atoms with E-state index >= 15 is 0 Å². The van der Waals surface area contributed by atoms with Gasteiger partial charge in [0, 0.05) is 38.1 Å². The third kappa shape index (κ3) is 33.9. The van der Waals surface area contributed by atoms with Crippen molar-refractivity contribution in [2.24, 2.45) is 5.92 Å². The zero-order valence-corrected chi connectivity index (χ0v) is 36.0. The molecule has 1 aliphatic rings. The SMILES string of the molecule is CCCCCCCCC(CCCCCCCC)OC(=O)CCCCCCC(CCCCCCC(=O)OCCCCCCCC(C)C)NC1CCOCC1. The molecule has 1 heterocycles. The summed E-state index contributed by atoms with van der Waals surface area (Å²) in [7, 11) is 0. The van der Waals surface area contributed by atoms with E-state index in [0.29, 0.717) is 31.5 Å². The van der Waals surface area contributed by atoms with E-state index in [1.807, 2.05) is 0 Å². The standard InChI is InChI=1S/C47H91NO5/c1-5-7-9-11-15-25-33-45(34-26-16-12-10-8-6-2)53-47(50)36-28-20-18-24-32-43(48-44-37-40-51-41-38-44)31-23-17-19-27-35-46(49)52-39-29-21-13-14-22-30-42(3)4/h42-45,48H,5-41H2,1-4H3. The highest BCUT2D eigenvalue weighted by Gasteiger charge is 2.18. The van der Waals surface area contributed by atoms with E-state index in [1.54, 1.807) is 0 Å². The molecule has 6 heteroatoms. The molecule has 0 radical (unpaired) electrons. The van der Waals surface area contributed by atoms with Crippen molar-refractivity contribution >= 4 is 11.9 Å². The molecule has 1 saturated heterocycles. The Hall–Kier alpha value is -1.14. The summed E-state index contributed by atoms with van der Waals surface area (Å²) in [5.74, 6) is 0.815. The van der Waals surface area contributed by atoms with Gasteiger partial charge in [0.25, 0.3) is 0 Å². The van der Waals surface area contributed by atoms with Gasteiger partial charge in [-0.2, -0.15) is 0 Å². The molecule has 0 spiro atoms. The Morgan fingerprint density at radius 1 is 0.547 bits per heavy atom. The highest BCUT2D eigenvalue weighted by molar-refractivity contribution is 5.69. The third-order valence-electron chi connectivity index (χ3n) is 11.3. The van der Waals surface area contributed by atoms with Gasteiger partial charge in [0.15, 0.2) is 0 Å². The molecule has 53 heavy (non-hydrogen) atoms. The summed E-state index contributed by atoms with van der Waals surface area (Å²) in [5, 5.41) is 3.98. The molecule has 0 bridgehead atoms.